The smallest absolute Gasteiger partial charge is 0.308 e. The minimum absolute atomic E-state index is 0.287. The second-order valence-corrected chi connectivity index (χ2v) is 3.14. The molecule has 1 aromatic carbocycles. The minimum Gasteiger partial charge on any atom is -0.426 e. The number of aromatic nitrogens is 1. The molecule has 0 saturated carbocycles. The number of aromatic amines is 1. The van der Waals surface area contributed by atoms with Crippen LogP contribution in [0.1, 0.15) is 6.92 Å². The third-order valence-corrected chi connectivity index (χ3v) is 1.97. The van der Waals surface area contributed by atoms with Gasteiger partial charge in [0.15, 0.2) is 0 Å². The van der Waals surface area contributed by atoms with Gasteiger partial charge >= 0.3 is 5.97 Å². The van der Waals surface area contributed by atoms with Crippen molar-refractivity contribution >= 4 is 16.9 Å². The van der Waals surface area contributed by atoms with Gasteiger partial charge in [-0.25, -0.2) is 0 Å². The first-order valence-corrected chi connectivity index (χ1v) is 4.47. The number of hydrogen-bond acceptors (Lipinski definition) is 3. The first kappa shape index (κ1) is 9.45. The van der Waals surface area contributed by atoms with Crippen LogP contribution in [0.25, 0.3) is 10.9 Å². The van der Waals surface area contributed by atoms with Crippen LogP contribution >= 0.6 is 0 Å². The Hall–Kier alpha value is -2.10. The summed E-state index contributed by atoms with van der Waals surface area (Å²) in [4.78, 5) is 24.7. The number of rotatable bonds is 1. The Morgan fingerprint density at radius 1 is 1.33 bits per heavy atom. The molecule has 4 heteroatoms. The van der Waals surface area contributed by atoms with E-state index in [1.807, 2.05) is 6.07 Å². The number of esters is 1. The number of H-pyrrole nitrogens is 1. The summed E-state index contributed by atoms with van der Waals surface area (Å²) in [6.07, 6.45) is 0. The zero-order valence-electron chi connectivity index (χ0n) is 8.11. The van der Waals surface area contributed by atoms with Gasteiger partial charge in [-0.15, -0.1) is 0 Å². The van der Waals surface area contributed by atoms with Gasteiger partial charge in [-0.2, -0.15) is 0 Å². The maximum Gasteiger partial charge on any atom is 0.308 e. The molecule has 0 unspecified atom stereocenters. The van der Waals surface area contributed by atoms with E-state index in [0.29, 0.717) is 16.7 Å². The fourth-order valence-corrected chi connectivity index (χ4v) is 1.41. The molecule has 1 N–H and O–H groups in total. The number of para-hydroxylation sites is 1. The van der Waals surface area contributed by atoms with Crippen LogP contribution in [0.15, 0.2) is 35.1 Å². The molecule has 1 aromatic heterocycles. The lowest BCUT2D eigenvalue weighted by Gasteiger charge is -2.04. The summed E-state index contributed by atoms with van der Waals surface area (Å²) in [7, 11) is 0. The number of pyridine rings is 1. The zero-order valence-corrected chi connectivity index (χ0v) is 8.11. The summed E-state index contributed by atoms with van der Waals surface area (Å²) in [6, 6.07) is 8.42. The van der Waals surface area contributed by atoms with E-state index in [2.05, 4.69) is 4.98 Å². The minimum atomic E-state index is -0.439. The first-order valence-electron chi connectivity index (χ1n) is 4.47. The summed E-state index contributed by atoms with van der Waals surface area (Å²) < 4.78 is 4.95. The van der Waals surface area contributed by atoms with E-state index in [4.69, 9.17) is 4.74 Å². The summed E-state index contributed by atoms with van der Waals surface area (Å²) in [5, 5.41) is 0.715. The van der Waals surface area contributed by atoms with Crippen molar-refractivity contribution in [3.63, 3.8) is 0 Å². The predicted molar refractivity (Wildman–Crippen MR) is 55.9 cm³/mol. The van der Waals surface area contributed by atoms with Gasteiger partial charge in [0.1, 0.15) is 5.75 Å². The molecular formula is C11H9NO3. The van der Waals surface area contributed by atoms with Gasteiger partial charge in [0.25, 0.3) is 5.56 Å². The average molecular weight is 203 g/mol. The van der Waals surface area contributed by atoms with Crippen molar-refractivity contribution in [1.82, 2.24) is 4.98 Å². The van der Waals surface area contributed by atoms with E-state index in [0.717, 1.165) is 0 Å². The lowest BCUT2D eigenvalue weighted by molar-refractivity contribution is -0.131. The van der Waals surface area contributed by atoms with Crippen LogP contribution in [0, 0.1) is 0 Å². The van der Waals surface area contributed by atoms with Gasteiger partial charge in [-0.05, 0) is 12.1 Å². The molecule has 0 spiro atoms. The number of ether oxygens (including phenoxy) is 1. The molecule has 2 rings (SSSR count). The second-order valence-electron chi connectivity index (χ2n) is 3.14. The van der Waals surface area contributed by atoms with Crippen molar-refractivity contribution < 1.29 is 9.53 Å². The number of carbonyl (C=O) groups excluding carboxylic acids is 1. The van der Waals surface area contributed by atoms with E-state index < -0.39 is 5.97 Å². The van der Waals surface area contributed by atoms with E-state index in [-0.39, 0.29) is 5.56 Å². The Bertz CT molecular complexity index is 571. The molecule has 0 bridgehead atoms. The topological polar surface area (TPSA) is 59.2 Å². The lowest BCUT2D eigenvalue weighted by Crippen LogP contribution is -2.08. The molecule has 0 amide bonds. The Balaban J connectivity index is 2.71. The Labute approximate surface area is 85.5 Å². The van der Waals surface area contributed by atoms with E-state index in [9.17, 15) is 9.59 Å². The van der Waals surface area contributed by atoms with Gasteiger partial charge in [0.2, 0.25) is 0 Å². The van der Waals surface area contributed by atoms with E-state index >= 15 is 0 Å². The first-order chi connectivity index (χ1) is 7.16. The summed E-state index contributed by atoms with van der Waals surface area (Å²) in [5.41, 5.74) is 0.367. The number of nitrogens with one attached hydrogen (secondary N) is 1. The lowest BCUT2D eigenvalue weighted by atomic mass is 10.2. The molecule has 0 aliphatic rings. The molecule has 1 heterocycles. The van der Waals surface area contributed by atoms with Crippen molar-refractivity contribution in [3.05, 3.63) is 40.7 Å². The van der Waals surface area contributed by atoms with E-state index in [1.165, 1.54) is 13.0 Å². The van der Waals surface area contributed by atoms with Crippen molar-refractivity contribution in [3.8, 4) is 5.75 Å². The van der Waals surface area contributed by atoms with Gasteiger partial charge < -0.3 is 9.72 Å². The van der Waals surface area contributed by atoms with Crippen LogP contribution < -0.4 is 10.3 Å². The third kappa shape index (κ3) is 1.88. The Morgan fingerprint density at radius 3 is 2.80 bits per heavy atom. The Morgan fingerprint density at radius 2 is 2.07 bits per heavy atom. The predicted octanol–water partition coefficient (Wildman–Crippen LogP) is 1.45. The highest BCUT2D eigenvalue weighted by atomic mass is 16.5. The number of carbonyl (C=O) groups is 1. The van der Waals surface area contributed by atoms with Crippen LogP contribution in [0.3, 0.4) is 0 Å². The van der Waals surface area contributed by atoms with Crippen LogP contribution in [-0.2, 0) is 4.79 Å². The molecule has 2 aromatic rings. The molecule has 0 saturated heterocycles. The molecule has 0 radical (unpaired) electrons. The third-order valence-electron chi connectivity index (χ3n) is 1.97. The fraction of sp³-hybridized carbons (Fsp3) is 0.0909. The van der Waals surface area contributed by atoms with Crippen LogP contribution in [0.2, 0.25) is 0 Å². The fourth-order valence-electron chi connectivity index (χ4n) is 1.41. The van der Waals surface area contributed by atoms with Gasteiger partial charge in [-0.1, -0.05) is 12.1 Å². The van der Waals surface area contributed by atoms with Gasteiger partial charge in [0, 0.05) is 18.4 Å². The number of benzene rings is 1. The molecular weight excluding hydrogens is 194 g/mol. The average Bonchev–Trinajstić information content (AvgIpc) is 2.16. The highest BCUT2D eigenvalue weighted by molar-refractivity contribution is 5.87. The molecule has 0 aliphatic heterocycles. The van der Waals surface area contributed by atoms with Crippen molar-refractivity contribution in [2.45, 2.75) is 6.92 Å². The molecule has 15 heavy (non-hydrogen) atoms. The van der Waals surface area contributed by atoms with Crippen molar-refractivity contribution in [2.75, 3.05) is 0 Å². The van der Waals surface area contributed by atoms with E-state index in [1.54, 1.807) is 18.2 Å². The van der Waals surface area contributed by atoms with Crippen LogP contribution in [0.5, 0.6) is 5.75 Å². The van der Waals surface area contributed by atoms with Gasteiger partial charge in [0.05, 0.1) is 5.52 Å². The summed E-state index contributed by atoms with van der Waals surface area (Å²) in [5.74, 6) is -0.146. The molecule has 0 aliphatic carbocycles. The molecule has 4 nitrogen and oxygen atoms in total. The van der Waals surface area contributed by atoms with Gasteiger partial charge in [-0.3, -0.25) is 9.59 Å². The summed E-state index contributed by atoms with van der Waals surface area (Å²) in [6.45, 7) is 1.30. The monoisotopic (exact) mass is 203 g/mol. The maximum atomic E-state index is 11.2. The highest BCUT2D eigenvalue weighted by Crippen LogP contribution is 2.21. The SMILES string of the molecule is CC(=O)Oc1cc(=O)[nH]c2ccccc12. The molecule has 76 valence electrons. The largest absolute Gasteiger partial charge is 0.426 e. The Kier molecular flexibility index (Phi) is 2.25. The van der Waals surface area contributed by atoms with Crippen LogP contribution in [-0.4, -0.2) is 11.0 Å². The second kappa shape index (κ2) is 3.57. The molecule has 0 atom stereocenters. The maximum absolute atomic E-state index is 11.2. The van der Waals surface area contributed by atoms with Crippen molar-refractivity contribution in [1.29, 1.82) is 0 Å². The normalized spacial score (nSPS) is 10.2. The zero-order chi connectivity index (χ0) is 10.8. The highest BCUT2D eigenvalue weighted by Gasteiger charge is 2.05. The number of fused-ring (bicyclic) bond motifs is 1. The van der Waals surface area contributed by atoms with Crippen LogP contribution in [0.4, 0.5) is 0 Å². The van der Waals surface area contributed by atoms with Crippen molar-refractivity contribution in [2.24, 2.45) is 0 Å². The standard InChI is InChI=1S/C11H9NO3/c1-7(13)15-10-6-11(14)12-9-5-3-2-4-8(9)10/h2-6H,1H3,(H,12,14). The molecule has 0 fully saturated rings. The quantitative estimate of drug-likeness (QED) is 0.713. The number of hydrogen-bond donors (Lipinski definition) is 1. The summed E-state index contributed by atoms with van der Waals surface area (Å²) >= 11 is 0.